The zero-order valence-electron chi connectivity index (χ0n) is 18.0. The summed E-state index contributed by atoms with van der Waals surface area (Å²) >= 11 is 9.57. The van der Waals surface area contributed by atoms with Gasteiger partial charge < -0.3 is 19.9 Å². The average Bonchev–Trinajstić information content (AvgIpc) is 3.15. The number of aldehydes is 1. The van der Waals surface area contributed by atoms with Crippen molar-refractivity contribution in [3.05, 3.63) is 51.5 Å². The SMILES string of the molecule is CNO.Cn1cnc2c(F)c(Nc3ccc(Br)cc3Cl)c(C(=O)NOCCCCC=O)cc21. The number of fused-ring (bicyclic) bond motifs is 1. The maximum Gasteiger partial charge on any atom is 0.277 e. The van der Waals surface area contributed by atoms with E-state index in [1.54, 1.807) is 35.3 Å². The van der Waals surface area contributed by atoms with Crippen LogP contribution in [0.25, 0.3) is 11.0 Å². The molecule has 0 bridgehead atoms. The van der Waals surface area contributed by atoms with Crippen LogP contribution in [0.3, 0.4) is 0 Å². The van der Waals surface area contributed by atoms with Gasteiger partial charge in [0.25, 0.3) is 5.91 Å². The molecule has 0 aliphatic rings. The van der Waals surface area contributed by atoms with Gasteiger partial charge in [0.2, 0.25) is 0 Å². The third-order valence-electron chi connectivity index (χ3n) is 4.38. The van der Waals surface area contributed by atoms with Gasteiger partial charge >= 0.3 is 0 Å². The minimum atomic E-state index is -0.678. The van der Waals surface area contributed by atoms with Crippen molar-refractivity contribution in [3.8, 4) is 0 Å². The van der Waals surface area contributed by atoms with Crippen LogP contribution in [-0.4, -0.2) is 40.6 Å². The molecule has 0 saturated carbocycles. The highest BCUT2D eigenvalue weighted by Gasteiger charge is 2.22. The van der Waals surface area contributed by atoms with Crippen LogP contribution in [0.1, 0.15) is 29.6 Å². The number of carbonyl (C=O) groups excluding carboxylic acids is 2. The Bertz CT molecular complexity index is 1110. The normalized spacial score (nSPS) is 10.5. The summed E-state index contributed by atoms with van der Waals surface area (Å²) in [7, 11) is 3.14. The van der Waals surface area contributed by atoms with Crippen LogP contribution in [0.5, 0.6) is 0 Å². The highest BCUT2D eigenvalue weighted by molar-refractivity contribution is 9.10. The number of rotatable bonds is 9. The molecule has 0 radical (unpaired) electrons. The number of unbranched alkanes of at least 4 members (excludes halogenated alkanes) is 2. The molecule has 12 heteroatoms. The molecule has 3 rings (SSSR count). The molecule has 9 nitrogen and oxygen atoms in total. The van der Waals surface area contributed by atoms with Crippen molar-refractivity contribution in [1.29, 1.82) is 0 Å². The molecule has 178 valence electrons. The van der Waals surface area contributed by atoms with E-state index in [2.05, 4.69) is 31.7 Å². The molecule has 3 aromatic rings. The van der Waals surface area contributed by atoms with Gasteiger partial charge in [-0.1, -0.05) is 27.5 Å². The highest BCUT2D eigenvalue weighted by Crippen LogP contribution is 2.34. The number of hydrogen-bond acceptors (Lipinski definition) is 7. The van der Waals surface area contributed by atoms with E-state index in [1.807, 2.05) is 0 Å². The molecule has 0 aliphatic heterocycles. The number of nitrogens with one attached hydrogen (secondary N) is 3. The third-order valence-corrected chi connectivity index (χ3v) is 5.19. The molecule has 1 heterocycles. The fourth-order valence-electron chi connectivity index (χ4n) is 2.82. The molecule has 33 heavy (non-hydrogen) atoms. The first-order valence-corrected chi connectivity index (χ1v) is 11.0. The summed E-state index contributed by atoms with van der Waals surface area (Å²) in [5, 5.41) is 10.6. The lowest BCUT2D eigenvalue weighted by Gasteiger charge is -2.15. The van der Waals surface area contributed by atoms with Gasteiger partial charge in [-0.2, -0.15) is 0 Å². The average molecular weight is 545 g/mol. The fraction of sp³-hybridized carbons (Fsp3) is 0.286. The Morgan fingerprint density at radius 3 is 2.76 bits per heavy atom. The maximum atomic E-state index is 15.3. The van der Waals surface area contributed by atoms with Crippen molar-refractivity contribution in [2.24, 2.45) is 7.05 Å². The maximum absolute atomic E-state index is 15.3. The van der Waals surface area contributed by atoms with Gasteiger partial charge in [-0.05, 0) is 37.1 Å². The van der Waals surface area contributed by atoms with Crippen LogP contribution in [0.2, 0.25) is 5.02 Å². The van der Waals surface area contributed by atoms with E-state index in [1.165, 1.54) is 19.4 Å². The van der Waals surface area contributed by atoms with Gasteiger partial charge in [0, 0.05) is 25.0 Å². The van der Waals surface area contributed by atoms with Gasteiger partial charge in [-0.3, -0.25) is 9.63 Å². The lowest BCUT2D eigenvalue weighted by Crippen LogP contribution is -2.25. The molecule has 0 spiro atoms. The first kappa shape index (κ1) is 26.7. The van der Waals surface area contributed by atoms with Gasteiger partial charge in [-0.25, -0.2) is 20.3 Å². The number of amides is 1. The van der Waals surface area contributed by atoms with Crippen molar-refractivity contribution >= 4 is 62.1 Å². The van der Waals surface area contributed by atoms with Crippen molar-refractivity contribution in [2.45, 2.75) is 19.3 Å². The van der Waals surface area contributed by atoms with Gasteiger partial charge in [0.15, 0.2) is 5.82 Å². The van der Waals surface area contributed by atoms with Gasteiger partial charge in [-0.15, -0.1) is 0 Å². The van der Waals surface area contributed by atoms with Crippen LogP contribution in [0.15, 0.2) is 35.1 Å². The summed E-state index contributed by atoms with van der Waals surface area (Å²) in [5.74, 6) is -1.30. The summed E-state index contributed by atoms with van der Waals surface area (Å²) in [4.78, 5) is 32.3. The fourth-order valence-corrected chi connectivity index (χ4v) is 3.55. The molecule has 0 atom stereocenters. The van der Waals surface area contributed by atoms with E-state index in [0.717, 1.165) is 10.8 Å². The molecule has 1 aromatic heterocycles. The van der Waals surface area contributed by atoms with Crippen LogP contribution in [0.4, 0.5) is 15.8 Å². The second-order valence-electron chi connectivity index (χ2n) is 6.75. The second-order valence-corrected chi connectivity index (χ2v) is 8.07. The zero-order valence-corrected chi connectivity index (χ0v) is 20.3. The van der Waals surface area contributed by atoms with E-state index in [4.69, 9.17) is 21.6 Å². The summed E-state index contributed by atoms with van der Waals surface area (Å²) in [6.45, 7) is 0.233. The van der Waals surface area contributed by atoms with Crippen molar-refractivity contribution in [3.63, 3.8) is 0 Å². The number of anilines is 2. The van der Waals surface area contributed by atoms with E-state index in [-0.39, 0.29) is 23.4 Å². The number of hydrogen-bond donors (Lipinski definition) is 4. The van der Waals surface area contributed by atoms with Crippen LogP contribution in [-0.2, 0) is 16.7 Å². The second kappa shape index (κ2) is 13.2. The van der Waals surface area contributed by atoms with E-state index >= 15 is 4.39 Å². The molecule has 1 amide bonds. The summed E-state index contributed by atoms with van der Waals surface area (Å²) in [6.07, 6.45) is 3.99. The Labute approximate surface area is 203 Å². The van der Waals surface area contributed by atoms with E-state index < -0.39 is 11.7 Å². The number of carbonyl (C=O) groups is 2. The smallest absolute Gasteiger partial charge is 0.277 e. The summed E-state index contributed by atoms with van der Waals surface area (Å²) < 4.78 is 17.7. The Hall–Kier alpha value is -2.57. The molecule has 0 fully saturated rings. The van der Waals surface area contributed by atoms with Crippen molar-refractivity contribution < 1.29 is 24.0 Å². The zero-order chi connectivity index (χ0) is 24.4. The molecule has 0 unspecified atom stereocenters. The largest absolute Gasteiger partial charge is 0.351 e. The number of benzene rings is 2. The Balaban J connectivity index is 0.00000122. The number of nitrogens with zero attached hydrogens (tertiary/aromatic N) is 2. The van der Waals surface area contributed by atoms with Crippen LogP contribution >= 0.6 is 27.5 Å². The Morgan fingerprint density at radius 2 is 2.09 bits per heavy atom. The number of aromatic nitrogens is 2. The predicted octanol–water partition coefficient (Wildman–Crippen LogP) is 4.50. The first-order chi connectivity index (χ1) is 15.8. The summed E-state index contributed by atoms with van der Waals surface area (Å²) in [5.41, 5.74) is 5.06. The van der Waals surface area contributed by atoms with Crippen molar-refractivity contribution in [2.75, 3.05) is 19.0 Å². The Morgan fingerprint density at radius 1 is 1.36 bits per heavy atom. The van der Waals surface area contributed by atoms with Gasteiger partial charge in [0.05, 0.1) is 40.4 Å². The minimum absolute atomic E-state index is 0.0375. The Kier molecular flexibility index (Phi) is 10.7. The summed E-state index contributed by atoms with van der Waals surface area (Å²) in [6, 6.07) is 6.60. The molecule has 2 aromatic carbocycles. The quantitative estimate of drug-likeness (QED) is 0.178. The lowest BCUT2D eigenvalue weighted by atomic mass is 10.1. The molecule has 0 saturated heterocycles. The van der Waals surface area contributed by atoms with Crippen molar-refractivity contribution in [1.82, 2.24) is 20.5 Å². The van der Waals surface area contributed by atoms with E-state index in [0.29, 0.717) is 35.5 Å². The van der Waals surface area contributed by atoms with Crippen LogP contribution in [0, 0.1) is 5.82 Å². The topological polar surface area (TPSA) is 118 Å². The number of halogens is 3. The highest BCUT2D eigenvalue weighted by atomic mass is 79.9. The van der Waals surface area contributed by atoms with E-state index in [9.17, 15) is 9.59 Å². The molecule has 0 aliphatic carbocycles. The number of imidazole rings is 1. The molecular formula is C21H24BrClFN5O4. The van der Waals surface area contributed by atoms with Gasteiger partial charge in [0.1, 0.15) is 11.8 Å². The standard InChI is InChI=1S/C20H19BrClFN4O3.CH5NO/c1-27-11-24-19-16(27)10-13(20(29)26-30-8-4-2-3-7-28)18(17(19)23)25-15-6-5-12(21)9-14(15)22;1-2-3/h5-7,9-11,25H,2-4,8H2,1H3,(H,26,29);2-3H,1H3. The van der Waals surface area contributed by atoms with Crippen LogP contribution < -0.4 is 16.3 Å². The molecular weight excluding hydrogens is 521 g/mol. The lowest BCUT2D eigenvalue weighted by molar-refractivity contribution is -0.108. The third kappa shape index (κ3) is 7.21. The number of aryl methyl sites for hydroxylation is 1. The minimum Gasteiger partial charge on any atom is -0.351 e. The monoisotopic (exact) mass is 543 g/mol. The predicted molar refractivity (Wildman–Crippen MR) is 127 cm³/mol. The molecule has 4 N–H and O–H groups in total. The number of hydroxylamine groups is 2. The first-order valence-electron chi connectivity index (χ1n) is 9.86.